The zero-order valence-electron chi connectivity index (χ0n) is 12.9. The fraction of sp³-hybridized carbons (Fsp3) is 0.625. The van der Waals surface area contributed by atoms with Crippen LogP contribution in [0.1, 0.15) is 33.1 Å². The summed E-state index contributed by atoms with van der Waals surface area (Å²) in [5, 5.41) is 0. The molecule has 1 amide bonds. The molecule has 21 heavy (non-hydrogen) atoms. The van der Waals surface area contributed by atoms with E-state index < -0.39 is 0 Å². The van der Waals surface area contributed by atoms with E-state index in [0.29, 0.717) is 37.0 Å². The number of likely N-dealkylation sites (tertiary alicyclic amines) is 1. The lowest BCUT2D eigenvalue weighted by molar-refractivity contribution is -0.130. The number of nitrogen functional groups attached to an aromatic ring is 1. The van der Waals surface area contributed by atoms with Crippen molar-refractivity contribution in [2.24, 2.45) is 11.8 Å². The predicted molar refractivity (Wildman–Crippen MR) is 83.9 cm³/mol. The number of rotatable bonds is 4. The lowest BCUT2D eigenvalue weighted by atomic mass is 9.89. The third kappa shape index (κ3) is 4.09. The number of amides is 1. The van der Waals surface area contributed by atoms with E-state index in [0.717, 1.165) is 19.4 Å². The van der Waals surface area contributed by atoms with Crippen LogP contribution in [0, 0.1) is 11.8 Å². The summed E-state index contributed by atoms with van der Waals surface area (Å²) in [5.41, 5.74) is 6.19. The van der Waals surface area contributed by atoms with Crippen molar-refractivity contribution >= 4 is 11.6 Å². The smallest absolute Gasteiger partial charge is 0.250 e. The minimum absolute atomic E-state index is 0.0773. The first-order valence-corrected chi connectivity index (χ1v) is 7.71. The van der Waals surface area contributed by atoms with Crippen molar-refractivity contribution in [2.45, 2.75) is 39.7 Å². The highest BCUT2D eigenvalue weighted by atomic mass is 16.2. The molecule has 5 nitrogen and oxygen atoms in total. The highest BCUT2D eigenvalue weighted by Crippen LogP contribution is 2.25. The maximum atomic E-state index is 12.2. The summed E-state index contributed by atoms with van der Waals surface area (Å²) in [6, 6.07) is 3.07. The van der Waals surface area contributed by atoms with Crippen molar-refractivity contribution in [2.75, 3.05) is 18.8 Å². The predicted octanol–water partition coefficient (Wildman–Crippen LogP) is 1.72. The fourth-order valence-electron chi connectivity index (χ4n) is 2.91. The van der Waals surface area contributed by atoms with Gasteiger partial charge in [0.05, 0.1) is 0 Å². The number of hydrogen-bond acceptors (Lipinski definition) is 3. The van der Waals surface area contributed by atoms with Crippen LogP contribution in [0.2, 0.25) is 0 Å². The summed E-state index contributed by atoms with van der Waals surface area (Å²) in [5.74, 6) is 1.44. The molecule has 1 aromatic heterocycles. The van der Waals surface area contributed by atoms with Crippen LogP contribution < -0.4 is 11.3 Å². The van der Waals surface area contributed by atoms with Gasteiger partial charge in [0, 0.05) is 44.0 Å². The molecule has 1 unspecified atom stereocenters. The van der Waals surface area contributed by atoms with Gasteiger partial charge in [0.1, 0.15) is 0 Å². The van der Waals surface area contributed by atoms with Crippen molar-refractivity contribution in [3.05, 3.63) is 28.7 Å². The van der Waals surface area contributed by atoms with Gasteiger partial charge < -0.3 is 15.2 Å². The summed E-state index contributed by atoms with van der Waals surface area (Å²) < 4.78 is 1.58. The van der Waals surface area contributed by atoms with Crippen LogP contribution in [0.3, 0.4) is 0 Å². The second-order valence-electron chi connectivity index (χ2n) is 6.21. The zero-order valence-corrected chi connectivity index (χ0v) is 12.9. The maximum Gasteiger partial charge on any atom is 0.250 e. The highest BCUT2D eigenvalue weighted by Gasteiger charge is 2.23. The Morgan fingerprint density at radius 1 is 1.24 bits per heavy atom. The number of hydrogen-bond donors (Lipinski definition) is 1. The first-order valence-electron chi connectivity index (χ1n) is 7.71. The van der Waals surface area contributed by atoms with Gasteiger partial charge >= 0.3 is 0 Å². The molecule has 1 atom stereocenters. The van der Waals surface area contributed by atoms with Gasteiger partial charge in [0.2, 0.25) is 5.91 Å². The Balaban J connectivity index is 1.97. The summed E-state index contributed by atoms with van der Waals surface area (Å²) >= 11 is 0. The molecule has 0 saturated carbocycles. The fourth-order valence-corrected chi connectivity index (χ4v) is 2.91. The molecule has 1 fully saturated rings. The lowest BCUT2D eigenvalue weighted by Crippen LogP contribution is -2.35. The quantitative estimate of drug-likeness (QED) is 0.918. The Hall–Kier alpha value is -1.78. The van der Waals surface area contributed by atoms with Gasteiger partial charge in [-0.1, -0.05) is 13.8 Å². The van der Waals surface area contributed by atoms with E-state index in [1.54, 1.807) is 16.8 Å². The van der Waals surface area contributed by atoms with Gasteiger partial charge in [-0.25, -0.2) is 0 Å². The third-order valence-corrected chi connectivity index (χ3v) is 4.41. The Morgan fingerprint density at radius 2 is 2.00 bits per heavy atom. The van der Waals surface area contributed by atoms with Crippen LogP contribution in [0.15, 0.2) is 23.1 Å². The topological polar surface area (TPSA) is 68.3 Å². The molecule has 2 rings (SSSR count). The number of aromatic nitrogens is 1. The molecule has 2 heterocycles. The normalized spacial score (nSPS) is 19.9. The number of pyridine rings is 1. The van der Waals surface area contributed by atoms with E-state index in [9.17, 15) is 9.59 Å². The van der Waals surface area contributed by atoms with Crippen molar-refractivity contribution in [3.8, 4) is 0 Å². The standard InChI is InChI=1S/C16H25N3O2/c1-12(2)13-3-5-15(20)18(8-7-13)9-10-19-11-14(17)4-6-16(19)21/h4,6,11-13H,3,5,7-10,17H2,1-2H3. The van der Waals surface area contributed by atoms with Crippen molar-refractivity contribution in [3.63, 3.8) is 0 Å². The van der Waals surface area contributed by atoms with Gasteiger partial charge in [-0.3, -0.25) is 9.59 Å². The number of nitrogens with zero attached hydrogens (tertiary/aromatic N) is 2. The molecular weight excluding hydrogens is 266 g/mol. The van der Waals surface area contributed by atoms with Crippen molar-refractivity contribution in [1.82, 2.24) is 9.47 Å². The summed E-state index contributed by atoms with van der Waals surface area (Å²) in [6.45, 7) is 6.31. The first kappa shape index (κ1) is 15.6. The van der Waals surface area contributed by atoms with Crippen LogP contribution in [0.25, 0.3) is 0 Å². The SMILES string of the molecule is CC(C)C1CCC(=O)N(CCn2cc(N)ccc2=O)CC1. The van der Waals surface area contributed by atoms with E-state index >= 15 is 0 Å². The van der Waals surface area contributed by atoms with Crippen LogP contribution >= 0.6 is 0 Å². The van der Waals surface area contributed by atoms with Gasteiger partial charge in [-0.05, 0) is 30.7 Å². The van der Waals surface area contributed by atoms with E-state index in [4.69, 9.17) is 5.73 Å². The summed E-state index contributed by atoms with van der Waals surface area (Å²) in [7, 11) is 0. The molecule has 0 aliphatic carbocycles. The van der Waals surface area contributed by atoms with E-state index in [1.165, 1.54) is 6.07 Å². The van der Waals surface area contributed by atoms with Gasteiger partial charge in [0.25, 0.3) is 5.56 Å². The van der Waals surface area contributed by atoms with E-state index in [1.807, 2.05) is 4.90 Å². The molecule has 2 N–H and O–H groups in total. The van der Waals surface area contributed by atoms with Gasteiger partial charge in [0.15, 0.2) is 0 Å². The lowest BCUT2D eigenvalue weighted by Gasteiger charge is -2.22. The number of nitrogens with two attached hydrogens (primary N) is 1. The van der Waals surface area contributed by atoms with Gasteiger partial charge in [-0.15, -0.1) is 0 Å². The Kier molecular flexibility index (Phi) is 5.04. The number of carbonyl (C=O) groups is 1. The molecule has 1 saturated heterocycles. The van der Waals surface area contributed by atoms with Crippen LogP contribution in [0.5, 0.6) is 0 Å². The maximum absolute atomic E-state index is 12.2. The highest BCUT2D eigenvalue weighted by molar-refractivity contribution is 5.76. The molecule has 0 spiro atoms. The molecule has 0 radical (unpaired) electrons. The second kappa shape index (κ2) is 6.78. The molecule has 0 aromatic carbocycles. The number of anilines is 1. The minimum atomic E-state index is -0.0773. The molecule has 5 heteroatoms. The molecular formula is C16H25N3O2. The molecule has 116 valence electrons. The number of carbonyl (C=O) groups excluding carboxylic acids is 1. The van der Waals surface area contributed by atoms with Crippen molar-refractivity contribution in [1.29, 1.82) is 0 Å². The molecule has 1 aliphatic rings. The van der Waals surface area contributed by atoms with Crippen LogP contribution in [-0.2, 0) is 11.3 Å². The van der Waals surface area contributed by atoms with Gasteiger partial charge in [-0.2, -0.15) is 0 Å². The zero-order chi connectivity index (χ0) is 15.4. The first-order chi connectivity index (χ1) is 9.97. The minimum Gasteiger partial charge on any atom is -0.398 e. The largest absolute Gasteiger partial charge is 0.398 e. The monoisotopic (exact) mass is 291 g/mol. The average molecular weight is 291 g/mol. The van der Waals surface area contributed by atoms with Crippen LogP contribution in [-0.4, -0.2) is 28.5 Å². The third-order valence-electron chi connectivity index (χ3n) is 4.41. The summed E-state index contributed by atoms with van der Waals surface area (Å²) in [4.78, 5) is 25.8. The van der Waals surface area contributed by atoms with E-state index in [-0.39, 0.29) is 11.5 Å². The Labute approximate surface area is 125 Å². The average Bonchev–Trinajstić information content (AvgIpc) is 2.62. The van der Waals surface area contributed by atoms with E-state index in [2.05, 4.69) is 13.8 Å². The summed E-state index contributed by atoms with van der Waals surface area (Å²) in [6.07, 6.45) is 4.29. The molecule has 1 aromatic rings. The Morgan fingerprint density at radius 3 is 2.71 bits per heavy atom. The Bertz CT molecular complexity index is 551. The van der Waals surface area contributed by atoms with Crippen molar-refractivity contribution < 1.29 is 4.79 Å². The second-order valence-corrected chi connectivity index (χ2v) is 6.21. The molecule has 1 aliphatic heterocycles. The molecule has 0 bridgehead atoms. The van der Waals surface area contributed by atoms with Crippen LogP contribution in [0.4, 0.5) is 5.69 Å².